The van der Waals surface area contributed by atoms with E-state index in [9.17, 15) is 0 Å². The van der Waals surface area contributed by atoms with Gasteiger partial charge in [-0.1, -0.05) is 42.3 Å². The SMILES string of the molecule is C=Cc1ccc(CS2=CCCC2)cc1. The Balaban J connectivity index is 2.06. The van der Waals surface area contributed by atoms with Crippen molar-refractivity contribution >= 4 is 21.9 Å². The standard InChI is InChI=1S/C13H16S/c1-2-12-5-7-13(8-6-12)11-14-9-3-4-10-14/h2,5-9H,1,3-4,10-11H2. The van der Waals surface area contributed by atoms with Crippen molar-refractivity contribution in [2.75, 3.05) is 5.75 Å². The van der Waals surface area contributed by atoms with Gasteiger partial charge in [-0.3, -0.25) is 0 Å². The third-order valence-electron chi connectivity index (χ3n) is 2.53. The fourth-order valence-corrected chi connectivity index (χ4v) is 3.78. The van der Waals surface area contributed by atoms with E-state index < -0.39 is 0 Å². The molecule has 0 fully saturated rings. The predicted octanol–water partition coefficient (Wildman–Crippen LogP) is 3.69. The van der Waals surface area contributed by atoms with E-state index in [1.807, 2.05) is 6.08 Å². The lowest BCUT2D eigenvalue weighted by Gasteiger charge is -2.04. The number of rotatable bonds is 3. The van der Waals surface area contributed by atoms with Crippen LogP contribution in [0.3, 0.4) is 0 Å². The minimum atomic E-state index is 0.562. The highest BCUT2D eigenvalue weighted by atomic mass is 32.2. The maximum absolute atomic E-state index is 3.76. The molecule has 1 unspecified atom stereocenters. The Kier molecular flexibility index (Phi) is 3.20. The summed E-state index contributed by atoms with van der Waals surface area (Å²) in [6.07, 6.45) is 4.62. The van der Waals surface area contributed by atoms with Gasteiger partial charge in [-0.25, -0.2) is 0 Å². The van der Waals surface area contributed by atoms with Crippen LogP contribution in [0.25, 0.3) is 6.08 Å². The predicted molar refractivity (Wildman–Crippen MR) is 68.0 cm³/mol. The first-order valence-electron chi connectivity index (χ1n) is 5.09. The first kappa shape index (κ1) is 9.72. The lowest BCUT2D eigenvalue weighted by molar-refractivity contribution is 1.05. The highest BCUT2D eigenvalue weighted by Crippen LogP contribution is 2.26. The van der Waals surface area contributed by atoms with Gasteiger partial charge in [0.05, 0.1) is 0 Å². The molecular formula is C13H16S. The quantitative estimate of drug-likeness (QED) is 0.659. The second-order valence-electron chi connectivity index (χ2n) is 3.64. The molecule has 0 spiro atoms. The van der Waals surface area contributed by atoms with Crippen LogP contribution in [0, 0.1) is 0 Å². The van der Waals surface area contributed by atoms with Gasteiger partial charge in [0.2, 0.25) is 0 Å². The lowest BCUT2D eigenvalue weighted by atomic mass is 10.1. The molecule has 1 atom stereocenters. The van der Waals surface area contributed by atoms with Crippen molar-refractivity contribution in [3.63, 3.8) is 0 Å². The molecule has 1 aromatic carbocycles. The van der Waals surface area contributed by atoms with Crippen LogP contribution in [-0.4, -0.2) is 11.1 Å². The van der Waals surface area contributed by atoms with E-state index in [0.29, 0.717) is 10.5 Å². The highest BCUT2D eigenvalue weighted by molar-refractivity contribution is 8.14. The van der Waals surface area contributed by atoms with Gasteiger partial charge in [-0.2, -0.15) is 10.5 Å². The average Bonchev–Trinajstić information content (AvgIpc) is 2.72. The molecule has 0 saturated heterocycles. The second-order valence-corrected chi connectivity index (χ2v) is 5.75. The summed E-state index contributed by atoms with van der Waals surface area (Å²) in [5, 5.41) is 2.50. The number of hydrogen-bond donors (Lipinski definition) is 0. The minimum Gasteiger partial charge on any atom is -0.185 e. The van der Waals surface area contributed by atoms with Gasteiger partial charge >= 0.3 is 0 Å². The summed E-state index contributed by atoms with van der Waals surface area (Å²) < 4.78 is 0. The molecule has 0 nitrogen and oxygen atoms in total. The molecule has 0 saturated carbocycles. The summed E-state index contributed by atoms with van der Waals surface area (Å²) >= 11 is 0. The summed E-state index contributed by atoms with van der Waals surface area (Å²) in [7, 11) is 0.562. The Labute approximate surface area is 88.6 Å². The first-order valence-corrected chi connectivity index (χ1v) is 6.72. The molecule has 0 aromatic heterocycles. The summed E-state index contributed by atoms with van der Waals surface area (Å²) in [5.74, 6) is 2.65. The van der Waals surface area contributed by atoms with Gasteiger partial charge in [0, 0.05) is 5.75 Å². The fourth-order valence-electron chi connectivity index (χ4n) is 1.70. The van der Waals surface area contributed by atoms with Crippen molar-refractivity contribution in [3.8, 4) is 0 Å². The third kappa shape index (κ3) is 2.36. The maximum Gasteiger partial charge on any atom is 0.0132 e. The largest absolute Gasteiger partial charge is 0.185 e. The lowest BCUT2D eigenvalue weighted by Crippen LogP contribution is -1.84. The Morgan fingerprint density at radius 2 is 2.07 bits per heavy atom. The molecule has 1 heterocycles. The first-order chi connectivity index (χ1) is 6.88. The van der Waals surface area contributed by atoms with Gasteiger partial charge in [0.25, 0.3) is 0 Å². The Morgan fingerprint density at radius 1 is 1.29 bits per heavy atom. The van der Waals surface area contributed by atoms with Crippen molar-refractivity contribution in [2.45, 2.75) is 18.6 Å². The molecule has 1 aliphatic heterocycles. The Bertz CT molecular complexity index is 346. The topological polar surface area (TPSA) is 0 Å². The average molecular weight is 204 g/mol. The number of hydrogen-bond acceptors (Lipinski definition) is 0. The van der Waals surface area contributed by atoms with Gasteiger partial charge < -0.3 is 0 Å². The minimum absolute atomic E-state index is 0.562. The molecule has 0 radical (unpaired) electrons. The van der Waals surface area contributed by atoms with Crippen LogP contribution in [-0.2, 0) is 5.75 Å². The third-order valence-corrected chi connectivity index (χ3v) is 4.76. The van der Waals surface area contributed by atoms with E-state index in [-0.39, 0.29) is 0 Å². The van der Waals surface area contributed by atoms with Crippen molar-refractivity contribution < 1.29 is 0 Å². The van der Waals surface area contributed by atoms with Gasteiger partial charge in [-0.05, 0) is 29.7 Å². The van der Waals surface area contributed by atoms with E-state index >= 15 is 0 Å². The van der Waals surface area contributed by atoms with Crippen molar-refractivity contribution in [2.24, 2.45) is 0 Å². The van der Waals surface area contributed by atoms with Crippen LogP contribution in [0.15, 0.2) is 30.8 Å². The molecule has 74 valence electrons. The normalized spacial score (nSPS) is 20.4. The van der Waals surface area contributed by atoms with Crippen LogP contribution in [0.5, 0.6) is 0 Å². The van der Waals surface area contributed by atoms with E-state index in [4.69, 9.17) is 0 Å². The molecular weight excluding hydrogens is 188 g/mol. The second kappa shape index (κ2) is 4.61. The highest BCUT2D eigenvalue weighted by Gasteiger charge is 2.03. The molecule has 14 heavy (non-hydrogen) atoms. The molecule has 0 aliphatic carbocycles. The van der Waals surface area contributed by atoms with Crippen molar-refractivity contribution in [1.82, 2.24) is 0 Å². The molecule has 1 aliphatic rings. The van der Waals surface area contributed by atoms with Gasteiger partial charge in [0.15, 0.2) is 0 Å². The van der Waals surface area contributed by atoms with Crippen LogP contribution in [0.1, 0.15) is 24.0 Å². The summed E-state index contributed by atoms with van der Waals surface area (Å²) in [4.78, 5) is 0. The smallest absolute Gasteiger partial charge is 0.0132 e. The Hall–Kier alpha value is -0.820. The zero-order chi connectivity index (χ0) is 9.80. The molecule has 0 bridgehead atoms. The van der Waals surface area contributed by atoms with E-state index in [1.54, 1.807) is 0 Å². The monoisotopic (exact) mass is 204 g/mol. The molecule has 1 heteroatoms. The van der Waals surface area contributed by atoms with Gasteiger partial charge in [-0.15, -0.1) is 0 Å². The van der Waals surface area contributed by atoms with Crippen LogP contribution >= 0.6 is 10.5 Å². The molecule has 0 amide bonds. The van der Waals surface area contributed by atoms with Gasteiger partial charge in [0.1, 0.15) is 0 Å². The molecule has 0 N–H and O–H groups in total. The van der Waals surface area contributed by atoms with Crippen molar-refractivity contribution in [3.05, 3.63) is 42.0 Å². The molecule has 2 rings (SSSR count). The zero-order valence-corrected chi connectivity index (χ0v) is 9.22. The van der Waals surface area contributed by atoms with E-state index in [2.05, 4.69) is 36.2 Å². The zero-order valence-electron chi connectivity index (χ0n) is 8.41. The summed E-state index contributed by atoms with van der Waals surface area (Å²) in [6.45, 7) is 3.76. The summed E-state index contributed by atoms with van der Waals surface area (Å²) in [6, 6.07) is 8.77. The van der Waals surface area contributed by atoms with Crippen LogP contribution in [0.4, 0.5) is 0 Å². The Morgan fingerprint density at radius 3 is 2.64 bits per heavy atom. The summed E-state index contributed by atoms with van der Waals surface area (Å²) in [5.41, 5.74) is 2.68. The number of benzene rings is 1. The maximum atomic E-state index is 3.76. The van der Waals surface area contributed by atoms with E-state index in [0.717, 1.165) is 0 Å². The van der Waals surface area contributed by atoms with Crippen LogP contribution in [0.2, 0.25) is 0 Å². The van der Waals surface area contributed by atoms with E-state index in [1.165, 1.54) is 35.5 Å². The van der Waals surface area contributed by atoms with Crippen LogP contribution < -0.4 is 0 Å². The molecule has 1 aromatic rings. The van der Waals surface area contributed by atoms with Crippen molar-refractivity contribution in [1.29, 1.82) is 0 Å². The fraction of sp³-hybridized carbons (Fsp3) is 0.308.